The number of aromatic nitrogens is 2. The lowest BCUT2D eigenvalue weighted by molar-refractivity contribution is 0.206. The van der Waals surface area contributed by atoms with Crippen LogP contribution in [0.4, 0.5) is 5.82 Å². The van der Waals surface area contributed by atoms with E-state index < -0.39 is 5.69 Å². The Labute approximate surface area is 167 Å². The van der Waals surface area contributed by atoms with E-state index in [1.807, 2.05) is 36.4 Å². The maximum Gasteiger partial charge on any atom is 0.330 e. The molecular formula is C21H21ClN4O2. The summed E-state index contributed by atoms with van der Waals surface area (Å²) < 4.78 is 1.54. The van der Waals surface area contributed by atoms with Crippen LogP contribution < -0.4 is 16.6 Å². The second-order valence-electron chi connectivity index (χ2n) is 6.93. The van der Waals surface area contributed by atoms with Gasteiger partial charge in [0.25, 0.3) is 5.56 Å². The molecule has 1 aliphatic heterocycles. The van der Waals surface area contributed by atoms with Crippen LogP contribution in [0.1, 0.15) is 29.7 Å². The van der Waals surface area contributed by atoms with Crippen LogP contribution in [0.5, 0.6) is 0 Å². The fourth-order valence-corrected chi connectivity index (χ4v) is 3.76. The predicted molar refractivity (Wildman–Crippen MR) is 111 cm³/mol. The van der Waals surface area contributed by atoms with E-state index in [9.17, 15) is 9.59 Å². The molecule has 0 radical (unpaired) electrons. The Morgan fingerprint density at radius 3 is 2.54 bits per heavy atom. The summed E-state index contributed by atoms with van der Waals surface area (Å²) in [5.74, 6) is 0.560. The van der Waals surface area contributed by atoms with E-state index in [1.54, 1.807) is 10.6 Å². The minimum atomic E-state index is -0.444. The average Bonchev–Trinajstić information content (AvgIpc) is 2.72. The third-order valence-electron chi connectivity index (χ3n) is 5.22. The van der Waals surface area contributed by atoms with Gasteiger partial charge in [0.2, 0.25) is 0 Å². The smallest absolute Gasteiger partial charge is 0.330 e. The summed E-state index contributed by atoms with van der Waals surface area (Å²) in [5.41, 5.74) is 1.75. The number of anilines is 1. The van der Waals surface area contributed by atoms with Crippen molar-refractivity contribution in [2.24, 2.45) is 0 Å². The van der Waals surface area contributed by atoms with Crippen LogP contribution >= 0.6 is 11.6 Å². The van der Waals surface area contributed by atoms with Crippen LogP contribution in [0.15, 0.2) is 64.2 Å². The average molecular weight is 397 g/mol. The molecule has 0 amide bonds. The van der Waals surface area contributed by atoms with Gasteiger partial charge in [0.1, 0.15) is 5.82 Å². The summed E-state index contributed by atoms with van der Waals surface area (Å²) in [5, 5.41) is 3.87. The first-order valence-electron chi connectivity index (χ1n) is 9.17. The molecule has 0 spiro atoms. The number of nitrogens with one attached hydrogen (secondary N) is 2. The second-order valence-corrected chi connectivity index (χ2v) is 7.34. The van der Waals surface area contributed by atoms with Crippen LogP contribution in [-0.2, 0) is 13.1 Å². The van der Waals surface area contributed by atoms with Crippen molar-refractivity contribution in [3.63, 3.8) is 0 Å². The zero-order valence-electron chi connectivity index (χ0n) is 15.5. The highest BCUT2D eigenvalue weighted by atomic mass is 35.5. The van der Waals surface area contributed by atoms with Gasteiger partial charge in [-0.3, -0.25) is 19.2 Å². The second kappa shape index (κ2) is 7.66. The van der Waals surface area contributed by atoms with Crippen LogP contribution in [0.3, 0.4) is 0 Å². The Kier molecular flexibility index (Phi) is 5.07. The van der Waals surface area contributed by atoms with Gasteiger partial charge >= 0.3 is 5.69 Å². The topological polar surface area (TPSA) is 70.1 Å². The summed E-state index contributed by atoms with van der Waals surface area (Å²) >= 11 is 6.26. The largest absolute Gasteiger partial charge is 0.358 e. The summed E-state index contributed by atoms with van der Waals surface area (Å²) in [4.78, 5) is 29.6. The lowest BCUT2D eigenvalue weighted by Crippen LogP contribution is -2.44. The highest BCUT2D eigenvalue weighted by Gasteiger charge is 2.26. The highest BCUT2D eigenvalue weighted by Crippen LogP contribution is 2.27. The first kappa shape index (κ1) is 18.5. The first-order valence-corrected chi connectivity index (χ1v) is 9.54. The molecule has 3 aromatic rings. The number of hydrogen-bond donors (Lipinski definition) is 2. The van der Waals surface area contributed by atoms with E-state index in [4.69, 9.17) is 11.6 Å². The lowest BCUT2D eigenvalue weighted by Gasteiger charge is -2.35. The maximum absolute atomic E-state index is 12.5. The molecule has 0 saturated heterocycles. The van der Waals surface area contributed by atoms with Gasteiger partial charge in [0.15, 0.2) is 0 Å². The Bertz CT molecular complexity index is 1110. The minimum Gasteiger partial charge on any atom is -0.358 e. The number of halogens is 1. The Morgan fingerprint density at radius 1 is 1.07 bits per heavy atom. The molecule has 1 aromatic heterocycles. The molecule has 0 bridgehead atoms. The fraction of sp³-hybridized carbons (Fsp3) is 0.238. The van der Waals surface area contributed by atoms with Crippen molar-refractivity contribution in [1.29, 1.82) is 0 Å². The van der Waals surface area contributed by atoms with Gasteiger partial charge in [-0.1, -0.05) is 60.1 Å². The van der Waals surface area contributed by atoms with Crippen LogP contribution in [0, 0.1) is 0 Å². The molecule has 2 heterocycles. The van der Waals surface area contributed by atoms with Crippen molar-refractivity contribution in [2.45, 2.75) is 26.1 Å². The molecule has 6 nitrogen and oxygen atoms in total. The number of rotatable bonds is 4. The molecule has 28 heavy (non-hydrogen) atoms. The first-order chi connectivity index (χ1) is 13.5. The van der Waals surface area contributed by atoms with Gasteiger partial charge < -0.3 is 5.32 Å². The molecule has 7 heteroatoms. The number of hydrogen-bond acceptors (Lipinski definition) is 4. The summed E-state index contributed by atoms with van der Waals surface area (Å²) in [6.45, 7) is 3.39. The van der Waals surface area contributed by atoms with E-state index >= 15 is 0 Å². The molecule has 2 N–H and O–H groups in total. The SMILES string of the molecule is C[C@@H](c1ccccc1)N1CNc2c(c(=O)[nH]c(=O)n2Cc2ccccc2Cl)C1. The summed E-state index contributed by atoms with van der Waals surface area (Å²) in [6.07, 6.45) is 0. The predicted octanol–water partition coefficient (Wildman–Crippen LogP) is 3.18. The van der Waals surface area contributed by atoms with Crippen molar-refractivity contribution in [2.75, 3.05) is 12.0 Å². The molecule has 0 saturated carbocycles. The van der Waals surface area contributed by atoms with E-state index in [0.717, 1.165) is 5.56 Å². The lowest BCUT2D eigenvalue weighted by atomic mass is 10.1. The number of benzene rings is 2. The van der Waals surface area contributed by atoms with Gasteiger partial charge in [0, 0.05) is 17.6 Å². The van der Waals surface area contributed by atoms with E-state index in [2.05, 4.69) is 34.3 Å². The van der Waals surface area contributed by atoms with E-state index in [0.29, 0.717) is 36.2 Å². The molecule has 0 unspecified atom stereocenters. The molecule has 0 aliphatic carbocycles. The standard InChI is InChI=1S/C21H21ClN4O2/c1-14(15-7-3-2-4-8-15)25-12-17-19(23-13-25)26(21(28)24-20(17)27)11-16-9-5-6-10-18(16)22/h2-10,14,23H,11-13H2,1H3,(H,24,27,28)/t14-/m0/s1. The zero-order chi connectivity index (χ0) is 19.7. The molecule has 0 fully saturated rings. The van der Waals surface area contributed by atoms with Crippen LogP contribution in [0.2, 0.25) is 5.02 Å². The monoisotopic (exact) mass is 396 g/mol. The van der Waals surface area contributed by atoms with Gasteiger partial charge in [-0.2, -0.15) is 0 Å². The minimum absolute atomic E-state index is 0.130. The number of fused-ring (bicyclic) bond motifs is 1. The van der Waals surface area contributed by atoms with Crippen molar-refractivity contribution >= 4 is 17.4 Å². The van der Waals surface area contributed by atoms with Crippen molar-refractivity contribution < 1.29 is 0 Å². The third-order valence-corrected chi connectivity index (χ3v) is 5.59. The highest BCUT2D eigenvalue weighted by molar-refractivity contribution is 6.31. The number of aromatic amines is 1. The van der Waals surface area contributed by atoms with Gasteiger partial charge in [-0.15, -0.1) is 0 Å². The maximum atomic E-state index is 12.5. The normalized spacial score (nSPS) is 14.9. The van der Waals surface area contributed by atoms with Crippen LogP contribution in [0.25, 0.3) is 0 Å². The summed E-state index contributed by atoms with van der Waals surface area (Å²) in [7, 11) is 0. The van der Waals surface area contributed by atoms with E-state index in [1.165, 1.54) is 5.56 Å². The van der Waals surface area contributed by atoms with Gasteiger partial charge in [-0.25, -0.2) is 4.79 Å². The Morgan fingerprint density at radius 2 is 1.79 bits per heavy atom. The third kappa shape index (κ3) is 3.48. The molecule has 1 aliphatic rings. The van der Waals surface area contributed by atoms with E-state index in [-0.39, 0.29) is 11.6 Å². The summed E-state index contributed by atoms with van der Waals surface area (Å²) in [6, 6.07) is 17.7. The van der Waals surface area contributed by atoms with Gasteiger partial charge in [0.05, 0.1) is 18.8 Å². The van der Waals surface area contributed by atoms with Crippen molar-refractivity contribution in [3.8, 4) is 0 Å². The fourth-order valence-electron chi connectivity index (χ4n) is 3.56. The van der Waals surface area contributed by atoms with Gasteiger partial charge in [-0.05, 0) is 24.1 Å². The van der Waals surface area contributed by atoms with Crippen molar-refractivity contribution in [3.05, 3.63) is 97.1 Å². The molecular weight excluding hydrogens is 376 g/mol. The Hall–Kier alpha value is -2.83. The number of nitrogens with zero attached hydrogens (tertiary/aromatic N) is 2. The Balaban J connectivity index is 1.68. The molecule has 1 atom stereocenters. The molecule has 144 valence electrons. The molecule has 2 aromatic carbocycles. The van der Waals surface area contributed by atoms with Crippen LogP contribution in [-0.4, -0.2) is 21.1 Å². The zero-order valence-corrected chi connectivity index (χ0v) is 16.2. The van der Waals surface area contributed by atoms with Crippen molar-refractivity contribution in [1.82, 2.24) is 14.5 Å². The number of H-pyrrole nitrogens is 1. The quantitative estimate of drug-likeness (QED) is 0.710. The molecule has 4 rings (SSSR count).